The van der Waals surface area contributed by atoms with Gasteiger partial charge in [0.05, 0.1) is 10.7 Å². The summed E-state index contributed by atoms with van der Waals surface area (Å²) in [6.45, 7) is 1.69. The number of para-hydroxylation sites is 1. The fourth-order valence-corrected chi connectivity index (χ4v) is 7.96. The number of nitrogens with zero attached hydrogens (tertiary/aromatic N) is 3. The number of benzene rings is 1. The minimum atomic E-state index is -4.28. The first kappa shape index (κ1) is 22.9. The van der Waals surface area contributed by atoms with E-state index in [0.717, 1.165) is 42.5 Å². The van der Waals surface area contributed by atoms with E-state index in [4.69, 9.17) is 0 Å². The molecule has 1 atom stereocenters. The second-order valence-corrected chi connectivity index (χ2v) is 11.6. The maximum Gasteiger partial charge on any atom is 0.289 e. The molecule has 0 saturated heterocycles. The lowest BCUT2D eigenvalue weighted by molar-refractivity contribution is -0.387. The van der Waals surface area contributed by atoms with Gasteiger partial charge in [-0.3, -0.25) is 10.1 Å². The van der Waals surface area contributed by atoms with Crippen molar-refractivity contribution in [1.82, 2.24) is 8.61 Å². The average Bonchev–Trinajstić information content (AvgIpc) is 2.75. The molecule has 0 N–H and O–H groups in total. The predicted molar refractivity (Wildman–Crippen MR) is 113 cm³/mol. The van der Waals surface area contributed by atoms with Gasteiger partial charge in [-0.25, -0.2) is 16.8 Å². The lowest BCUT2D eigenvalue weighted by Gasteiger charge is -2.34. The SMILES string of the molecule is CC1CS(=O)(=O)N(C2CCCCC2)C/C=C\CN1S(=O)(=O)c1ccccc1[N+](=O)[O-]. The third-order valence-electron chi connectivity index (χ3n) is 5.67. The zero-order chi connectivity index (χ0) is 21.9. The van der Waals surface area contributed by atoms with Crippen molar-refractivity contribution in [1.29, 1.82) is 0 Å². The first-order valence-electron chi connectivity index (χ1n) is 10.0. The third kappa shape index (κ3) is 4.74. The molecule has 9 nitrogen and oxygen atoms in total. The van der Waals surface area contributed by atoms with Gasteiger partial charge in [-0.2, -0.15) is 8.61 Å². The van der Waals surface area contributed by atoms with Crippen LogP contribution in [0.2, 0.25) is 0 Å². The normalized spacial score (nSPS) is 25.7. The fraction of sp³-hybridized carbons (Fsp3) is 0.579. The number of sulfonamides is 2. The summed E-state index contributed by atoms with van der Waals surface area (Å²) in [5.41, 5.74) is -0.528. The summed E-state index contributed by atoms with van der Waals surface area (Å²) in [4.78, 5) is 10.2. The molecule has 1 saturated carbocycles. The molecule has 1 aromatic rings. The highest BCUT2D eigenvalue weighted by atomic mass is 32.2. The molecule has 1 aromatic carbocycles. The van der Waals surface area contributed by atoms with Crippen molar-refractivity contribution < 1.29 is 21.8 Å². The Hall–Kier alpha value is -1.82. The van der Waals surface area contributed by atoms with Gasteiger partial charge in [0.2, 0.25) is 20.0 Å². The van der Waals surface area contributed by atoms with Crippen molar-refractivity contribution in [2.75, 3.05) is 18.8 Å². The smallest absolute Gasteiger partial charge is 0.258 e. The maximum absolute atomic E-state index is 13.3. The van der Waals surface area contributed by atoms with Crippen LogP contribution in [-0.4, -0.2) is 61.3 Å². The fourth-order valence-electron chi connectivity index (χ4n) is 4.17. The van der Waals surface area contributed by atoms with Gasteiger partial charge >= 0.3 is 0 Å². The molecule has 3 rings (SSSR count). The summed E-state index contributed by atoms with van der Waals surface area (Å²) in [5.74, 6) is -0.370. The van der Waals surface area contributed by atoms with Crippen LogP contribution in [0.3, 0.4) is 0 Å². The molecule has 1 aliphatic carbocycles. The maximum atomic E-state index is 13.3. The second-order valence-electron chi connectivity index (χ2n) is 7.76. The van der Waals surface area contributed by atoms with Gasteiger partial charge < -0.3 is 0 Å². The molecular weight excluding hydrogens is 430 g/mol. The van der Waals surface area contributed by atoms with Gasteiger partial charge in [-0.05, 0) is 25.8 Å². The minimum absolute atomic E-state index is 0.0520. The van der Waals surface area contributed by atoms with E-state index in [0.29, 0.717) is 0 Å². The molecule has 2 aliphatic rings. The highest BCUT2D eigenvalue weighted by Gasteiger charge is 2.38. The van der Waals surface area contributed by atoms with Crippen LogP contribution in [0, 0.1) is 10.1 Å². The van der Waals surface area contributed by atoms with E-state index in [1.165, 1.54) is 29.4 Å². The van der Waals surface area contributed by atoms with E-state index in [1.807, 2.05) is 0 Å². The van der Waals surface area contributed by atoms with Crippen molar-refractivity contribution in [3.63, 3.8) is 0 Å². The van der Waals surface area contributed by atoms with E-state index in [1.54, 1.807) is 12.2 Å². The molecule has 1 unspecified atom stereocenters. The number of rotatable bonds is 4. The summed E-state index contributed by atoms with van der Waals surface area (Å²) in [5, 5.41) is 11.3. The Morgan fingerprint density at radius 3 is 2.37 bits per heavy atom. The molecule has 0 spiro atoms. The molecular formula is C19H27N3O6S2. The van der Waals surface area contributed by atoms with Crippen LogP contribution in [0.15, 0.2) is 41.3 Å². The van der Waals surface area contributed by atoms with Crippen molar-refractivity contribution in [2.45, 2.75) is 56.0 Å². The minimum Gasteiger partial charge on any atom is -0.258 e. The number of nitro benzene ring substituents is 1. The topological polar surface area (TPSA) is 118 Å². The molecule has 30 heavy (non-hydrogen) atoms. The van der Waals surface area contributed by atoms with Crippen molar-refractivity contribution in [2.24, 2.45) is 0 Å². The summed E-state index contributed by atoms with van der Waals surface area (Å²) < 4.78 is 55.4. The Labute approximate surface area is 177 Å². The summed E-state index contributed by atoms with van der Waals surface area (Å²) >= 11 is 0. The highest BCUT2D eigenvalue weighted by molar-refractivity contribution is 7.90. The molecule has 1 aliphatic heterocycles. The van der Waals surface area contributed by atoms with Crippen LogP contribution in [0.25, 0.3) is 0 Å². The molecule has 1 fully saturated rings. The van der Waals surface area contributed by atoms with Crippen LogP contribution < -0.4 is 0 Å². The van der Waals surface area contributed by atoms with Crippen LogP contribution in [-0.2, 0) is 20.0 Å². The summed E-state index contributed by atoms with van der Waals surface area (Å²) in [6, 6.07) is 4.17. The van der Waals surface area contributed by atoms with Gasteiger partial charge in [-0.15, -0.1) is 0 Å². The summed E-state index contributed by atoms with van der Waals surface area (Å²) in [7, 11) is -7.99. The Balaban J connectivity index is 1.95. The van der Waals surface area contributed by atoms with Gasteiger partial charge in [0.15, 0.2) is 4.90 Å². The lowest BCUT2D eigenvalue weighted by Crippen LogP contribution is -2.47. The second kappa shape index (κ2) is 9.13. The zero-order valence-electron chi connectivity index (χ0n) is 16.9. The quantitative estimate of drug-likeness (QED) is 0.389. The Morgan fingerprint density at radius 1 is 1.07 bits per heavy atom. The van der Waals surface area contributed by atoms with Crippen molar-refractivity contribution in [3.05, 3.63) is 46.5 Å². The Morgan fingerprint density at radius 2 is 1.70 bits per heavy atom. The number of hydrogen-bond acceptors (Lipinski definition) is 6. The lowest BCUT2D eigenvalue weighted by atomic mass is 9.95. The Bertz CT molecular complexity index is 1020. The van der Waals surface area contributed by atoms with Gasteiger partial charge in [0.25, 0.3) is 5.69 Å². The van der Waals surface area contributed by atoms with Crippen LogP contribution >= 0.6 is 0 Å². The third-order valence-corrected chi connectivity index (χ3v) is 9.76. The molecule has 0 radical (unpaired) electrons. The monoisotopic (exact) mass is 457 g/mol. The van der Waals surface area contributed by atoms with Crippen molar-refractivity contribution in [3.8, 4) is 0 Å². The zero-order valence-corrected chi connectivity index (χ0v) is 18.5. The Kier molecular flexibility index (Phi) is 6.95. The van der Waals surface area contributed by atoms with Crippen LogP contribution in [0.5, 0.6) is 0 Å². The predicted octanol–water partition coefficient (Wildman–Crippen LogP) is 2.51. The van der Waals surface area contributed by atoms with E-state index in [9.17, 15) is 26.9 Å². The average molecular weight is 458 g/mol. The molecule has 0 aromatic heterocycles. The van der Waals surface area contributed by atoms with Crippen LogP contribution in [0.4, 0.5) is 5.69 Å². The molecule has 166 valence electrons. The van der Waals surface area contributed by atoms with Crippen molar-refractivity contribution >= 4 is 25.7 Å². The largest absolute Gasteiger partial charge is 0.289 e. The molecule has 0 amide bonds. The van der Waals surface area contributed by atoms with E-state index in [2.05, 4.69) is 0 Å². The van der Waals surface area contributed by atoms with E-state index < -0.39 is 41.6 Å². The molecule has 1 heterocycles. The van der Waals surface area contributed by atoms with E-state index in [-0.39, 0.29) is 24.9 Å². The first-order chi connectivity index (χ1) is 14.1. The van der Waals surface area contributed by atoms with E-state index >= 15 is 0 Å². The summed E-state index contributed by atoms with van der Waals surface area (Å²) in [6.07, 6.45) is 7.96. The van der Waals surface area contributed by atoms with Gasteiger partial charge in [0.1, 0.15) is 0 Å². The number of hydrogen-bond donors (Lipinski definition) is 0. The number of nitro groups is 1. The highest BCUT2D eigenvalue weighted by Crippen LogP contribution is 2.30. The first-order valence-corrected chi connectivity index (χ1v) is 13.1. The molecule has 11 heteroatoms. The molecule has 0 bridgehead atoms. The van der Waals surface area contributed by atoms with Crippen LogP contribution in [0.1, 0.15) is 39.0 Å². The van der Waals surface area contributed by atoms with Gasteiger partial charge in [0, 0.05) is 31.2 Å². The van der Waals surface area contributed by atoms with Gasteiger partial charge in [-0.1, -0.05) is 43.5 Å². The standard InChI is InChI=1S/C19H27N3O6S2/c1-16-15-29(25,26)21(17-9-3-2-4-10-17)14-8-7-13-20(16)30(27,28)19-12-6-5-11-18(19)22(23)24/h5-8,11-12,16-17H,2-4,9-10,13-15H2,1H3/b8-7-.